The average Bonchev–Trinajstić information content (AvgIpc) is 2.16. The topological polar surface area (TPSA) is 57.5 Å². The minimum atomic E-state index is 0.436. The van der Waals surface area contributed by atoms with Crippen LogP contribution in [0.1, 0.15) is 12.0 Å². The van der Waals surface area contributed by atoms with Gasteiger partial charge in [0.25, 0.3) is 0 Å². The van der Waals surface area contributed by atoms with Crippen LogP contribution in [0.5, 0.6) is 0 Å². The molecule has 1 aliphatic rings. The number of hydrogen-bond donors (Lipinski definition) is 2. The van der Waals surface area contributed by atoms with E-state index in [1.807, 2.05) is 0 Å². The van der Waals surface area contributed by atoms with Gasteiger partial charge in [0.15, 0.2) is 0 Å². The van der Waals surface area contributed by atoms with Crippen LogP contribution in [0.2, 0.25) is 5.15 Å². The lowest BCUT2D eigenvalue weighted by Crippen LogP contribution is -2.19. The highest BCUT2D eigenvalue weighted by Crippen LogP contribution is 2.21. The SMILES string of the molecule is O/N=C1/CCNc2nc(Cl)ccc21. The zero-order valence-corrected chi connectivity index (χ0v) is 7.54. The summed E-state index contributed by atoms with van der Waals surface area (Å²) in [6.45, 7) is 0.722. The maximum atomic E-state index is 8.71. The molecule has 1 aromatic rings. The van der Waals surface area contributed by atoms with Gasteiger partial charge >= 0.3 is 0 Å². The first kappa shape index (κ1) is 8.31. The minimum absolute atomic E-state index is 0.436. The third kappa shape index (κ3) is 1.45. The van der Waals surface area contributed by atoms with E-state index < -0.39 is 0 Å². The van der Waals surface area contributed by atoms with E-state index in [1.165, 1.54) is 0 Å². The van der Waals surface area contributed by atoms with Crippen molar-refractivity contribution in [1.29, 1.82) is 0 Å². The molecule has 2 rings (SSSR count). The molecular formula is C8H8ClN3O. The monoisotopic (exact) mass is 197 g/mol. The average molecular weight is 198 g/mol. The molecule has 13 heavy (non-hydrogen) atoms. The lowest BCUT2D eigenvalue weighted by molar-refractivity contribution is 0.318. The van der Waals surface area contributed by atoms with Gasteiger partial charge in [-0.2, -0.15) is 0 Å². The van der Waals surface area contributed by atoms with Crippen molar-refractivity contribution in [3.63, 3.8) is 0 Å². The number of aromatic nitrogens is 1. The molecular weight excluding hydrogens is 190 g/mol. The molecule has 5 heteroatoms. The highest BCUT2D eigenvalue weighted by Gasteiger charge is 2.16. The van der Waals surface area contributed by atoms with Crippen molar-refractivity contribution >= 4 is 23.1 Å². The van der Waals surface area contributed by atoms with Crippen LogP contribution in [-0.4, -0.2) is 22.4 Å². The summed E-state index contributed by atoms with van der Waals surface area (Å²) in [7, 11) is 0. The van der Waals surface area contributed by atoms with Crippen molar-refractivity contribution in [1.82, 2.24) is 4.98 Å². The fourth-order valence-electron chi connectivity index (χ4n) is 1.34. The Kier molecular flexibility index (Phi) is 2.06. The van der Waals surface area contributed by atoms with Gasteiger partial charge in [0, 0.05) is 18.5 Å². The second-order valence-corrected chi connectivity index (χ2v) is 3.14. The van der Waals surface area contributed by atoms with Gasteiger partial charge < -0.3 is 10.5 Å². The summed E-state index contributed by atoms with van der Waals surface area (Å²) in [5.74, 6) is 0.687. The van der Waals surface area contributed by atoms with Gasteiger partial charge in [-0.25, -0.2) is 4.98 Å². The number of fused-ring (bicyclic) bond motifs is 1. The Labute approximate surface area is 80.2 Å². The van der Waals surface area contributed by atoms with Crippen LogP contribution in [-0.2, 0) is 0 Å². The Hall–Kier alpha value is -1.29. The van der Waals surface area contributed by atoms with E-state index >= 15 is 0 Å². The molecule has 0 aromatic carbocycles. The van der Waals surface area contributed by atoms with Crippen LogP contribution >= 0.6 is 11.6 Å². The Bertz CT molecular complexity index is 364. The summed E-state index contributed by atoms with van der Waals surface area (Å²) in [4.78, 5) is 4.07. The standard InChI is InChI=1S/C8H8ClN3O/c9-7-2-1-5-6(12-13)3-4-10-8(5)11-7/h1-2,13H,3-4H2,(H,10,11)/b12-6-. The van der Waals surface area contributed by atoms with Crippen LogP contribution in [0.25, 0.3) is 0 Å². The zero-order chi connectivity index (χ0) is 9.26. The van der Waals surface area contributed by atoms with E-state index in [0.29, 0.717) is 23.1 Å². The molecule has 0 spiro atoms. The number of nitrogens with zero attached hydrogens (tertiary/aromatic N) is 2. The van der Waals surface area contributed by atoms with Crippen LogP contribution in [0.15, 0.2) is 17.3 Å². The van der Waals surface area contributed by atoms with Crippen molar-refractivity contribution < 1.29 is 5.21 Å². The van der Waals surface area contributed by atoms with Crippen LogP contribution in [0, 0.1) is 0 Å². The maximum absolute atomic E-state index is 8.71. The molecule has 0 bridgehead atoms. The van der Waals surface area contributed by atoms with Gasteiger partial charge in [0.2, 0.25) is 0 Å². The Morgan fingerprint density at radius 2 is 2.38 bits per heavy atom. The van der Waals surface area contributed by atoms with Crippen LogP contribution < -0.4 is 5.32 Å². The normalized spacial score (nSPS) is 18.1. The molecule has 4 nitrogen and oxygen atoms in total. The van der Waals surface area contributed by atoms with Crippen LogP contribution in [0.4, 0.5) is 5.82 Å². The van der Waals surface area contributed by atoms with E-state index in [2.05, 4.69) is 15.5 Å². The number of oxime groups is 1. The summed E-state index contributed by atoms with van der Waals surface area (Å²) in [5, 5.41) is 15.4. The van der Waals surface area contributed by atoms with E-state index in [9.17, 15) is 0 Å². The van der Waals surface area contributed by atoms with Gasteiger partial charge in [-0.3, -0.25) is 0 Å². The van der Waals surface area contributed by atoms with Crippen molar-refractivity contribution in [2.75, 3.05) is 11.9 Å². The first-order valence-electron chi connectivity index (χ1n) is 3.93. The Balaban J connectivity index is 2.52. The number of halogens is 1. The predicted molar refractivity (Wildman–Crippen MR) is 50.7 cm³/mol. The number of anilines is 1. The lowest BCUT2D eigenvalue weighted by Gasteiger charge is -2.17. The van der Waals surface area contributed by atoms with Crippen LogP contribution in [0.3, 0.4) is 0 Å². The van der Waals surface area contributed by atoms with Gasteiger partial charge in [-0.15, -0.1) is 0 Å². The first-order valence-corrected chi connectivity index (χ1v) is 4.31. The molecule has 0 saturated heterocycles. The maximum Gasteiger partial charge on any atom is 0.137 e. The van der Waals surface area contributed by atoms with Crippen molar-refractivity contribution in [2.45, 2.75) is 6.42 Å². The predicted octanol–water partition coefficient (Wildman–Crippen LogP) is 1.73. The Morgan fingerprint density at radius 3 is 3.15 bits per heavy atom. The lowest BCUT2D eigenvalue weighted by atomic mass is 10.1. The molecule has 2 heterocycles. The molecule has 68 valence electrons. The van der Waals surface area contributed by atoms with Gasteiger partial charge in [-0.05, 0) is 12.1 Å². The van der Waals surface area contributed by atoms with E-state index in [1.54, 1.807) is 12.1 Å². The van der Waals surface area contributed by atoms with Crippen molar-refractivity contribution in [3.05, 3.63) is 22.8 Å². The van der Waals surface area contributed by atoms with E-state index in [0.717, 1.165) is 12.1 Å². The molecule has 0 radical (unpaired) electrons. The van der Waals surface area contributed by atoms with Gasteiger partial charge in [0.1, 0.15) is 11.0 Å². The first-order chi connectivity index (χ1) is 6.31. The third-order valence-electron chi connectivity index (χ3n) is 1.95. The van der Waals surface area contributed by atoms with Gasteiger partial charge in [0.05, 0.1) is 5.71 Å². The van der Waals surface area contributed by atoms with Crippen molar-refractivity contribution in [3.8, 4) is 0 Å². The molecule has 0 saturated carbocycles. The second kappa shape index (κ2) is 3.22. The summed E-state index contributed by atoms with van der Waals surface area (Å²) in [5.41, 5.74) is 1.47. The largest absolute Gasteiger partial charge is 0.411 e. The zero-order valence-electron chi connectivity index (χ0n) is 6.79. The molecule has 0 aliphatic carbocycles. The minimum Gasteiger partial charge on any atom is -0.411 e. The number of hydrogen-bond acceptors (Lipinski definition) is 4. The van der Waals surface area contributed by atoms with E-state index in [4.69, 9.17) is 16.8 Å². The molecule has 2 N–H and O–H groups in total. The number of rotatable bonds is 0. The molecule has 1 aliphatic heterocycles. The highest BCUT2D eigenvalue weighted by molar-refractivity contribution is 6.29. The molecule has 0 unspecified atom stereocenters. The summed E-state index contributed by atoms with van der Waals surface area (Å²) < 4.78 is 0. The van der Waals surface area contributed by atoms with Gasteiger partial charge in [-0.1, -0.05) is 16.8 Å². The second-order valence-electron chi connectivity index (χ2n) is 2.75. The summed E-state index contributed by atoms with van der Waals surface area (Å²) in [6, 6.07) is 3.48. The van der Waals surface area contributed by atoms with E-state index in [-0.39, 0.29) is 0 Å². The fourth-order valence-corrected chi connectivity index (χ4v) is 1.49. The van der Waals surface area contributed by atoms with Crippen molar-refractivity contribution in [2.24, 2.45) is 5.16 Å². The molecule has 0 fully saturated rings. The molecule has 0 atom stereocenters. The highest BCUT2D eigenvalue weighted by atomic mass is 35.5. The number of pyridine rings is 1. The molecule has 1 aromatic heterocycles. The Morgan fingerprint density at radius 1 is 1.54 bits per heavy atom. The number of nitrogens with one attached hydrogen (secondary N) is 1. The summed E-state index contributed by atoms with van der Waals surface area (Å²) in [6.07, 6.45) is 0.701. The summed E-state index contributed by atoms with van der Waals surface area (Å²) >= 11 is 5.71. The quantitative estimate of drug-likeness (QED) is 0.378. The third-order valence-corrected chi connectivity index (χ3v) is 2.16. The molecule has 0 amide bonds. The smallest absolute Gasteiger partial charge is 0.137 e. The fraction of sp³-hybridized carbons (Fsp3) is 0.250.